The predicted octanol–water partition coefficient (Wildman–Crippen LogP) is 2.96. The van der Waals surface area contributed by atoms with Crippen molar-refractivity contribution in [2.24, 2.45) is 0 Å². The summed E-state index contributed by atoms with van der Waals surface area (Å²) in [5.41, 5.74) is 0.630. The fourth-order valence-electron chi connectivity index (χ4n) is 2.30. The highest BCUT2D eigenvalue weighted by Gasteiger charge is 2.24. The van der Waals surface area contributed by atoms with Gasteiger partial charge in [-0.25, -0.2) is 13.6 Å². The molecular formula is C20H20F2N2O4. The maximum absolute atomic E-state index is 13.6. The first-order valence-corrected chi connectivity index (χ1v) is 8.52. The van der Waals surface area contributed by atoms with E-state index in [1.165, 1.54) is 13.8 Å². The summed E-state index contributed by atoms with van der Waals surface area (Å²) in [6.07, 6.45) is -1.33. The minimum atomic E-state index is -1.33. The Morgan fingerprint density at radius 3 is 2.21 bits per heavy atom. The number of nitrogens with one attached hydrogen (secondary N) is 2. The van der Waals surface area contributed by atoms with Gasteiger partial charge in [-0.1, -0.05) is 23.8 Å². The lowest BCUT2D eigenvalue weighted by atomic mass is 10.1. The number of carbonyl (C=O) groups is 3. The second-order valence-electron chi connectivity index (χ2n) is 6.23. The SMILES string of the molecule is Cc1cccc(C(=O)N[C@@H](C)C(=O)O[C@H](C)C(=O)Nc2c(F)cccc2F)c1. The van der Waals surface area contributed by atoms with Crippen LogP contribution in [-0.4, -0.2) is 29.9 Å². The van der Waals surface area contributed by atoms with E-state index in [9.17, 15) is 23.2 Å². The Bertz CT molecular complexity index is 881. The van der Waals surface area contributed by atoms with Crippen molar-refractivity contribution in [1.29, 1.82) is 0 Å². The molecule has 0 aliphatic rings. The van der Waals surface area contributed by atoms with Gasteiger partial charge in [0.05, 0.1) is 0 Å². The van der Waals surface area contributed by atoms with Crippen LogP contribution in [0.1, 0.15) is 29.8 Å². The van der Waals surface area contributed by atoms with Crippen LogP contribution in [0.4, 0.5) is 14.5 Å². The molecule has 2 aromatic rings. The zero-order chi connectivity index (χ0) is 20.8. The molecule has 0 bridgehead atoms. The molecule has 0 saturated carbocycles. The van der Waals surface area contributed by atoms with Crippen molar-refractivity contribution in [2.45, 2.75) is 32.9 Å². The molecule has 2 aromatic carbocycles. The molecule has 0 aliphatic heterocycles. The average Bonchev–Trinajstić information content (AvgIpc) is 2.64. The Morgan fingerprint density at radius 1 is 1.00 bits per heavy atom. The van der Waals surface area contributed by atoms with Crippen LogP contribution < -0.4 is 10.6 Å². The van der Waals surface area contributed by atoms with Crippen LogP contribution >= 0.6 is 0 Å². The van der Waals surface area contributed by atoms with Gasteiger partial charge in [-0.3, -0.25) is 9.59 Å². The first-order chi connectivity index (χ1) is 13.2. The van der Waals surface area contributed by atoms with Gasteiger partial charge < -0.3 is 15.4 Å². The van der Waals surface area contributed by atoms with Crippen molar-refractivity contribution < 1.29 is 27.9 Å². The number of rotatable bonds is 6. The lowest BCUT2D eigenvalue weighted by Crippen LogP contribution is -2.42. The van der Waals surface area contributed by atoms with Gasteiger partial charge in [0.1, 0.15) is 23.4 Å². The number of halogens is 2. The number of carbonyl (C=O) groups excluding carboxylic acids is 3. The fraction of sp³-hybridized carbons (Fsp3) is 0.250. The van der Waals surface area contributed by atoms with E-state index in [0.717, 1.165) is 23.8 Å². The van der Waals surface area contributed by atoms with Crippen LogP contribution in [-0.2, 0) is 14.3 Å². The molecule has 2 atom stereocenters. The molecule has 2 rings (SSSR count). The van der Waals surface area contributed by atoms with Crippen molar-refractivity contribution >= 4 is 23.5 Å². The number of esters is 1. The molecule has 0 spiro atoms. The van der Waals surface area contributed by atoms with Crippen LogP contribution in [0.5, 0.6) is 0 Å². The number of aryl methyl sites for hydroxylation is 1. The van der Waals surface area contributed by atoms with Gasteiger partial charge in [0.25, 0.3) is 11.8 Å². The quantitative estimate of drug-likeness (QED) is 0.743. The van der Waals surface area contributed by atoms with Crippen LogP contribution in [0.15, 0.2) is 42.5 Å². The van der Waals surface area contributed by atoms with Gasteiger partial charge in [0, 0.05) is 5.56 Å². The van der Waals surface area contributed by atoms with Crippen molar-refractivity contribution in [3.8, 4) is 0 Å². The van der Waals surface area contributed by atoms with Gasteiger partial charge in [-0.05, 0) is 45.0 Å². The second-order valence-corrected chi connectivity index (χ2v) is 6.23. The summed E-state index contributed by atoms with van der Waals surface area (Å²) >= 11 is 0. The lowest BCUT2D eigenvalue weighted by molar-refractivity contribution is -0.154. The number of para-hydroxylation sites is 1. The molecule has 0 aliphatic carbocycles. The number of anilines is 1. The largest absolute Gasteiger partial charge is 0.451 e. The number of amides is 2. The fourth-order valence-corrected chi connectivity index (χ4v) is 2.30. The van der Waals surface area contributed by atoms with Crippen molar-refractivity contribution in [2.75, 3.05) is 5.32 Å². The van der Waals surface area contributed by atoms with Gasteiger partial charge >= 0.3 is 5.97 Å². The highest BCUT2D eigenvalue weighted by molar-refractivity contribution is 5.98. The summed E-state index contributed by atoms with van der Waals surface area (Å²) in [5.74, 6) is -4.15. The standard InChI is InChI=1S/C20H20F2N2O4/c1-11-6-4-7-14(10-11)19(26)23-12(2)20(27)28-13(3)18(25)24-17-15(21)8-5-9-16(17)22/h4-10,12-13H,1-3H3,(H,23,26)(H,24,25)/t12-,13+/m0/s1. The molecule has 0 radical (unpaired) electrons. The molecule has 2 N–H and O–H groups in total. The normalized spacial score (nSPS) is 12.6. The van der Waals surface area contributed by atoms with E-state index in [4.69, 9.17) is 4.74 Å². The van der Waals surface area contributed by atoms with Crippen molar-refractivity contribution in [1.82, 2.24) is 5.32 Å². The highest BCUT2D eigenvalue weighted by Crippen LogP contribution is 2.18. The minimum Gasteiger partial charge on any atom is -0.451 e. The summed E-state index contributed by atoms with van der Waals surface area (Å²) in [7, 11) is 0. The molecule has 0 fully saturated rings. The molecule has 148 valence electrons. The zero-order valence-corrected chi connectivity index (χ0v) is 15.6. The van der Waals surface area contributed by atoms with Crippen molar-refractivity contribution in [3.63, 3.8) is 0 Å². The molecule has 8 heteroatoms. The zero-order valence-electron chi connectivity index (χ0n) is 15.6. The van der Waals surface area contributed by atoms with Crippen LogP contribution in [0.25, 0.3) is 0 Å². The molecule has 0 aromatic heterocycles. The Hall–Kier alpha value is -3.29. The lowest BCUT2D eigenvalue weighted by Gasteiger charge is -2.18. The van der Waals surface area contributed by atoms with E-state index < -0.39 is 47.3 Å². The summed E-state index contributed by atoms with van der Waals surface area (Å²) < 4.78 is 32.2. The number of hydrogen-bond donors (Lipinski definition) is 2. The third-order valence-electron chi connectivity index (χ3n) is 3.85. The smallest absolute Gasteiger partial charge is 0.329 e. The van der Waals surface area contributed by atoms with E-state index in [-0.39, 0.29) is 0 Å². The Kier molecular flexibility index (Phi) is 6.81. The van der Waals surface area contributed by atoms with Gasteiger partial charge in [-0.15, -0.1) is 0 Å². The average molecular weight is 390 g/mol. The van der Waals surface area contributed by atoms with Crippen LogP contribution in [0.3, 0.4) is 0 Å². The molecule has 28 heavy (non-hydrogen) atoms. The van der Waals surface area contributed by atoms with E-state index in [0.29, 0.717) is 5.56 Å². The van der Waals surface area contributed by atoms with Gasteiger partial charge in [0.15, 0.2) is 6.10 Å². The monoisotopic (exact) mass is 390 g/mol. The Labute approximate surface area is 160 Å². The van der Waals surface area contributed by atoms with Crippen LogP contribution in [0.2, 0.25) is 0 Å². The highest BCUT2D eigenvalue weighted by atomic mass is 19.1. The summed E-state index contributed by atoms with van der Waals surface area (Å²) in [6.45, 7) is 4.48. The minimum absolute atomic E-state index is 0.375. The van der Waals surface area contributed by atoms with Gasteiger partial charge in [-0.2, -0.15) is 0 Å². The molecule has 0 unspecified atom stereocenters. The van der Waals surface area contributed by atoms with Gasteiger partial charge in [0.2, 0.25) is 0 Å². The Morgan fingerprint density at radius 2 is 1.61 bits per heavy atom. The third kappa shape index (κ3) is 5.35. The predicted molar refractivity (Wildman–Crippen MR) is 98.6 cm³/mol. The molecular weight excluding hydrogens is 370 g/mol. The third-order valence-corrected chi connectivity index (χ3v) is 3.85. The number of hydrogen-bond acceptors (Lipinski definition) is 4. The van der Waals surface area contributed by atoms with E-state index in [1.54, 1.807) is 18.2 Å². The number of benzene rings is 2. The topological polar surface area (TPSA) is 84.5 Å². The van der Waals surface area contributed by atoms with E-state index >= 15 is 0 Å². The summed E-state index contributed by atoms with van der Waals surface area (Å²) in [6, 6.07) is 8.88. The number of ether oxygens (including phenoxy) is 1. The Balaban J connectivity index is 1.93. The summed E-state index contributed by atoms with van der Waals surface area (Å²) in [5, 5.41) is 4.51. The first-order valence-electron chi connectivity index (χ1n) is 8.52. The molecule has 6 nitrogen and oxygen atoms in total. The van der Waals surface area contributed by atoms with Crippen molar-refractivity contribution in [3.05, 3.63) is 65.2 Å². The van der Waals surface area contributed by atoms with E-state index in [1.807, 2.05) is 18.3 Å². The van der Waals surface area contributed by atoms with Crippen LogP contribution in [0, 0.1) is 18.6 Å². The molecule has 2 amide bonds. The summed E-state index contributed by atoms with van der Waals surface area (Å²) in [4.78, 5) is 36.3. The second kappa shape index (κ2) is 9.07. The van der Waals surface area contributed by atoms with E-state index in [2.05, 4.69) is 5.32 Å². The first kappa shape index (κ1) is 21.0. The maximum Gasteiger partial charge on any atom is 0.329 e. The molecule has 0 saturated heterocycles. The maximum atomic E-state index is 13.6. The molecule has 0 heterocycles.